The third-order valence-corrected chi connectivity index (χ3v) is 14.4. The van der Waals surface area contributed by atoms with Gasteiger partial charge in [-0.15, -0.1) is 0 Å². The van der Waals surface area contributed by atoms with Gasteiger partial charge in [-0.3, -0.25) is 0 Å². The van der Waals surface area contributed by atoms with Gasteiger partial charge in [0.05, 0.1) is 0 Å². The third-order valence-electron chi connectivity index (χ3n) is 7.19. The summed E-state index contributed by atoms with van der Waals surface area (Å²) in [6.07, 6.45) is 0.737. The van der Waals surface area contributed by atoms with Gasteiger partial charge in [-0.1, -0.05) is 0 Å². The zero-order valence-electron chi connectivity index (χ0n) is 19.4. The first-order chi connectivity index (χ1) is 17.2. The topological polar surface area (TPSA) is 0 Å². The van der Waals surface area contributed by atoms with Crippen molar-refractivity contribution < 1.29 is 0 Å². The quantitative estimate of drug-likeness (QED) is 0.169. The molecule has 0 unspecified atom stereocenters. The normalized spacial score (nSPS) is 12.9. The molecule has 0 aliphatic rings. The van der Waals surface area contributed by atoms with E-state index in [1.807, 2.05) is 0 Å². The fraction of sp³-hybridized carbons (Fsp3) is 0.0303. The van der Waals surface area contributed by atoms with Gasteiger partial charge in [-0.2, -0.15) is 0 Å². The number of hydrogen-bond donors (Lipinski definition) is 0. The molecule has 35 heavy (non-hydrogen) atoms. The minimum atomic E-state index is -3.40. The molecule has 0 bridgehead atoms. The second kappa shape index (κ2) is 8.65. The molecule has 0 N–H and O–H groups in total. The molecule has 170 valence electrons. The summed E-state index contributed by atoms with van der Waals surface area (Å²) in [5, 5.41) is 8.60. The first-order valence-corrected chi connectivity index (χ1v) is 15.3. The number of benzene rings is 6. The monoisotopic (exact) mass is 488 g/mol. The number of hydrogen-bond acceptors (Lipinski definition) is 0. The van der Waals surface area contributed by atoms with Crippen LogP contribution in [0.2, 0.25) is 0 Å². The molecule has 0 spiro atoms. The average Bonchev–Trinajstić information content (AvgIpc) is 2.94. The second-order valence-corrected chi connectivity index (χ2v) is 15.7. The van der Waals surface area contributed by atoms with Crippen LogP contribution in [0.25, 0.3) is 21.5 Å². The molecule has 0 heterocycles. The Hall–Kier alpha value is -3.44. The fourth-order valence-corrected chi connectivity index (χ4v) is 11.6. The van der Waals surface area contributed by atoms with Crippen molar-refractivity contribution in [2.75, 3.05) is 0 Å². The van der Waals surface area contributed by atoms with Crippen molar-refractivity contribution in [1.29, 1.82) is 0 Å². The van der Waals surface area contributed by atoms with Crippen molar-refractivity contribution in [3.8, 4) is 0 Å². The molecule has 0 nitrogen and oxygen atoms in total. The van der Waals surface area contributed by atoms with Crippen LogP contribution in [-0.2, 0) is 6.16 Å². The Bertz CT molecular complexity index is 1530. The predicted octanol–water partition coefficient (Wildman–Crippen LogP) is 8.18. The van der Waals surface area contributed by atoms with Crippen molar-refractivity contribution in [2.45, 2.75) is 6.16 Å². The number of halogens is 1. The Morgan fingerprint density at radius 2 is 0.857 bits per heavy atom. The molecule has 0 saturated heterocycles. The van der Waals surface area contributed by atoms with Gasteiger partial charge in [0, 0.05) is 0 Å². The third kappa shape index (κ3) is 3.57. The van der Waals surface area contributed by atoms with Gasteiger partial charge in [0.1, 0.15) is 0 Å². The average molecular weight is 489 g/mol. The fourth-order valence-electron chi connectivity index (χ4n) is 5.43. The predicted molar refractivity (Wildman–Crippen MR) is 156 cm³/mol. The Kier molecular flexibility index (Phi) is 5.45. The van der Waals surface area contributed by atoms with Gasteiger partial charge >= 0.3 is 212 Å². The molecule has 6 aromatic rings. The molecule has 0 atom stereocenters. The molecule has 0 saturated carbocycles. The summed E-state index contributed by atoms with van der Waals surface area (Å²) in [5.74, 6) is -3.40. The molecule has 0 fully saturated rings. The van der Waals surface area contributed by atoms with E-state index in [2.05, 4.69) is 146 Å². The van der Waals surface area contributed by atoms with Gasteiger partial charge in [0.15, 0.2) is 0 Å². The molecular weight excluding hydrogens is 463 g/mol. The molecule has 0 aromatic heterocycles. The van der Waals surface area contributed by atoms with E-state index in [0.29, 0.717) is 0 Å². The van der Waals surface area contributed by atoms with E-state index in [9.17, 15) is 0 Å². The van der Waals surface area contributed by atoms with E-state index in [1.165, 1.54) is 43.0 Å². The van der Waals surface area contributed by atoms with Crippen LogP contribution >= 0.6 is 17.2 Å². The van der Waals surface area contributed by atoms with Crippen molar-refractivity contribution in [1.82, 2.24) is 0 Å². The van der Waals surface area contributed by atoms with E-state index >= 15 is 0 Å². The molecule has 0 aliphatic carbocycles. The summed E-state index contributed by atoms with van der Waals surface area (Å²) >= 11 is 8.36. The molecule has 0 aliphatic heterocycles. The van der Waals surface area contributed by atoms with Gasteiger partial charge in [0.25, 0.3) is 0 Å². The molecule has 6 rings (SSSR count). The Morgan fingerprint density at radius 3 is 1.37 bits per heavy atom. The SMILES string of the molecule is ClP(Cc1cccc2cc3ccccc3cc12)(c1ccccc1)(c1ccccc1)c1ccccc1. The molecule has 6 aromatic carbocycles. The summed E-state index contributed by atoms with van der Waals surface area (Å²) in [5.41, 5.74) is 1.28. The Morgan fingerprint density at radius 1 is 0.429 bits per heavy atom. The first kappa shape index (κ1) is 22.1. The standard InChI is InChI=1S/C33H26ClP/c34-35(30-17-4-1-5-18-30,31-19-6-2-7-20-31,32-21-8-3-9-22-32)25-29-16-12-15-28-23-26-13-10-11-14-27(26)24-33(28)29/h1-24H,25H2. The summed E-state index contributed by atoms with van der Waals surface area (Å²) in [4.78, 5) is 0. The van der Waals surface area contributed by atoms with Gasteiger partial charge in [0.2, 0.25) is 0 Å². The van der Waals surface area contributed by atoms with Crippen LogP contribution in [0.3, 0.4) is 0 Å². The molecular formula is C33H26ClP. The summed E-state index contributed by atoms with van der Waals surface area (Å²) < 4.78 is 0. The van der Waals surface area contributed by atoms with E-state index in [4.69, 9.17) is 11.2 Å². The number of fused-ring (bicyclic) bond motifs is 2. The van der Waals surface area contributed by atoms with Crippen LogP contribution in [-0.4, -0.2) is 0 Å². The van der Waals surface area contributed by atoms with Crippen LogP contribution in [0, 0.1) is 0 Å². The first-order valence-electron chi connectivity index (χ1n) is 12.0. The zero-order valence-corrected chi connectivity index (χ0v) is 21.0. The van der Waals surface area contributed by atoms with Crippen LogP contribution in [0.1, 0.15) is 5.56 Å². The number of rotatable bonds is 5. The maximum absolute atomic E-state index is 8.36. The zero-order chi connectivity index (χ0) is 23.7. The Balaban J connectivity index is 1.70. The van der Waals surface area contributed by atoms with E-state index in [1.54, 1.807) is 0 Å². The van der Waals surface area contributed by atoms with E-state index < -0.39 is 5.96 Å². The van der Waals surface area contributed by atoms with E-state index in [-0.39, 0.29) is 0 Å². The van der Waals surface area contributed by atoms with Crippen molar-refractivity contribution in [3.05, 3.63) is 151 Å². The van der Waals surface area contributed by atoms with Crippen LogP contribution < -0.4 is 15.9 Å². The van der Waals surface area contributed by atoms with E-state index in [0.717, 1.165) is 6.16 Å². The maximum atomic E-state index is 8.36. The van der Waals surface area contributed by atoms with Crippen molar-refractivity contribution in [3.63, 3.8) is 0 Å². The molecule has 0 amide bonds. The molecule has 2 heteroatoms. The molecule has 0 radical (unpaired) electrons. The van der Waals surface area contributed by atoms with Crippen molar-refractivity contribution >= 4 is 54.7 Å². The summed E-state index contributed by atoms with van der Waals surface area (Å²) in [7, 11) is 0. The van der Waals surface area contributed by atoms with Crippen LogP contribution in [0.15, 0.2) is 146 Å². The minimum absolute atomic E-state index is 0.737. The van der Waals surface area contributed by atoms with Gasteiger partial charge in [-0.05, 0) is 0 Å². The summed E-state index contributed by atoms with van der Waals surface area (Å²) in [6.45, 7) is 0. The van der Waals surface area contributed by atoms with Gasteiger partial charge < -0.3 is 0 Å². The van der Waals surface area contributed by atoms with Crippen LogP contribution in [0.4, 0.5) is 0 Å². The second-order valence-electron chi connectivity index (χ2n) is 9.19. The summed E-state index contributed by atoms with van der Waals surface area (Å²) in [6, 6.07) is 52.0. The Labute approximate surface area is 211 Å². The van der Waals surface area contributed by atoms with Crippen molar-refractivity contribution in [2.24, 2.45) is 0 Å². The van der Waals surface area contributed by atoms with Crippen LogP contribution in [0.5, 0.6) is 0 Å². The van der Waals surface area contributed by atoms with Gasteiger partial charge in [-0.25, -0.2) is 0 Å².